The fourth-order valence-electron chi connectivity index (χ4n) is 2.03. The van der Waals surface area contributed by atoms with E-state index in [1.165, 1.54) is 36.3 Å². The first-order chi connectivity index (χ1) is 10.3. The third kappa shape index (κ3) is 5.11. The topological polar surface area (TPSA) is 66.8 Å². The Hall–Kier alpha value is -1.95. The largest absolute Gasteiger partial charge is 0.469 e. The van der Waals surface area contributed by atoms with E-state index in [0.717, 1.165) is 0 Å². The number of methoxy groups -OCH3 is 1. The van der Waals surface area contributed by atoms with E-state index in [4.69, 9.17) is 0 Å². The van der Waals surface area contributed by atoms with E-state index in [-0.39, 0.29) is 37.7 Å². The molecule has 0 aliphatic heterocycles. The summed E-state index contributed by atoms with van der Waals surface area (Å²) in [4.78, 5) is 25.2. The number of carbonyl (C=O) groups excluding carboxylic acids is 2. The van der Waals surface area contributed by atoms with Crippen LogP contribution >= 0.6 is 0 Å². The van der Waals surface area contributed by atoms with Gasteiger partial charge >= 0.3 is 5.97 Å². The fraction of sp³-hybridized carbons (Fsp3) is 0.500. The van der Waals surface area contributed by atoms with E-state index in [1.54, 1.807) is 13.8 Å². The van der Waals surface area contributed by atoms with Crippen molar-refractivity contribution in [2.45, 2.75) is 32.2 Å². The maximum atomic E-state index is 12.9. The number of carbonyl (C=O) groups is 2. The molecule has 0 bridgehead atoms. The number of rotatable bonds is 7. The third-order valence-electron chi connectivity index (χ3n) is 3.45. The summed E-state index contributed by atoms with van der Waals surface area (Å²) in [6.45, 7) is 3.35. The Labute approximate surface area is 129 Å². The van der Waals surface area contributed by atoms with Crippen molar-refractivity contribution in [2.75, 3.05) is 20.3 Å². The highest BCUT2D eigenvalue weighted by Gasteiger charge is 2.30. The van der Waals surface area contributed by atoms with Crippen molar-refractivity contribution in [1.82, 2.24) is 4.90 Å². The van der Waals surface area contributed by atoms with E-state index in [0.29, 0.717) is 5.56 Å². The Kier molecular flexibility index (Phi) is 6.49. The van der Waals surface area contributed by atoms with Crippen molar-refractivity contribution in [3.05, 3.63) is 35.6 Å². The standard InChI is InChI=1S/C16H22FNO4/c1-16(2,11-19)18(9-8-15(21)22-3)14(20)10-12-4-6-13(17)7-5-12/h4-7,19H,8-11H2,1-3H3. The zero-order valence-electron chi connectivity index (χ0n) is 13.1. The van der Waals surface area contributed by atoms with Gasteiger partial charge in [0, 0.05) is 6.54 Å². The van der Waals surface area contributed by atoms with E-state index in [9.17, 15) is 19.1 Å². The lowest BCUT2D eigenvalue weighted by Gasteiger charge is -2.37. The summed E-state index contributed by atoms with van der Waals surface area (Å²) in [6, 6.07) is 5.66. The summed E-state index contributed by atoms with van der Waals surface area (Å²) in [5.74, 6) is -1.03. The number of hydrogen-bond donors (Lipinski definition) is 1. The van der Waals surface area contributed by atoms with Gasteiger partial charge in [-0.25, -0.2) is 4.39 Å². The zero-order chi connectivity index (χ0) is 16.8. The molecule has 1 rings (SSSR count). The zero-order valence-corrected chi connectivity index (χ0v) is 13.1. The van der Waals surface area contributed by atoms with Gasteiger partial charge in [-0.1, -0.05) is 12.1 Å². The van der Waals surface area contributed by atoms with Crippen molar-refractivity contribution in [3.63, 3.8) is 0 Å². The molecule has 1 aromatic carbocycles. The highest BCUT2D eigenvalue weighted by atomic mass is 19.1. The summed E-state index contributed by atoms with van der Waals surface area (Å²) < 4.78 is 17.5. The number of amides is 1. The van der Waals surface area contributed by atoms with Gasteiger partial charge in [-0.05, 0) is 31.5 Å². The molecule has 1 N–H and O–H groups in total. The highest BCUT2D eigenvalue weighted by Crippen LogP contribution is 2.17. The molecule has 5 nitrogen and oxygen atoms in total. The fourth-order valence-corrected chi connectivity index (χ4v) is 2.03. The van der Waals surface area contributed by atoms with Crippen LogP contribution < -0.4 is 0 Å². The second-order valence-corrected chi connectivity index (χ2v) is 5.65. The van der Waals surface area contributed by atoms with Gasteiger partial charge in [0.1, 0.15) is 5.82 Å². The van der Waals surface area contributed by atoms with Crippen LogP contribution in [0.25, 0.3) is 0 Å². The summed E-state index contributed by atoms with van der Waals surface area (Å²) in [5, 5.41) is 9.48. The quantitative estimate of drug-likeness (QED) is 0.776. The first-order valence-electron chi connectivity index (χ1n) is 7.02. The van der Waals surface area contributed by atoms with Crippen LogP contribution in [0.5, 0.6) is 0 Å². The Morgan fingerprint density at radius 3 is 2.36 bits per heavy atom. The molecule has 122 valence electrons. The van der Waals surface area contributed by atoms with Crippen LogP contribution in [0.2, 0.25) is 0 Å². The Bertz CT molecular complexity index is 513. The number of aliphatic hydroxyl groups excluding tert-OH is 1. The van der Waals surface area contributed by atoms with Gasteiger partial charge < -0.3 is 14.7 Å². The highest BCUT2D eigenvalue weighted by molar-refractivity contribution is 5.80. The van der Waals surface area contributed by atoms with E-state index < -0.39 is 11.5 Å². The smallest absolute Gasteiger partial charge is 0.307 e. The van der Waals surface area contributed by atoms with Gasteiger partial charge in [0.15, 0.2) is 0 Å². The van der Waals surface area contributed by atoms with Crippen molar-refractivity contribution in [2.24, 2.45) is 0 Å². The maximum Gasteiger partial charge on any atom is 0.307 e. The molecule has 1 amide bonds. The molecule has 0 saturated heterocycles. The summed E-state index contributed by atoms with van der Waals surface area (Å²) in [7, 11) is 1.28. The number of aliphatic hydroxyl groups is 1. The van der Waals surface area contributed by atoms with Crippen LogP contribution in [0.1, 0.15) is 25.8 Å². The Morgan fingerprint density at radius 2 is 1.86 bits per heavy atom. The van der Waals surface area contributed by atoms with Gasteiger partial charge in [0.05, 0.1) is 32.1 Å². The Balaban J connectivity index is 2.82. The van der Waals surface area contributed by atoms with Crippen molar-refractivity contribution < 1.29 is 23.8 Å². The average Bonchev–Trinajstić information content (AvgIpc) is 2.49. The van der Waals surface area contributed by atoms with Crippen LogP contribution in [0, 0.1) is 5.82 Å². The molecule has 0 aliphatic rings. The molecular weight excluding hydrogens is 289 g/mol. The molecule has 0 radical (unpaired) electrons. The van der Waals surface area contributed by atoms with Gasteiger partial charge in [0.25, 0.3) is 0 Å². The van der Waals surface area contributed by atoms with E-state index in [1.807, 2.05) is 0 Å². The monoisotopic (exact) mass is 311 g/mol. The van der Waals surface area contributed by atoms with Gasteiger partial charge in [0.2, 0.25) is 5.91 Å². The lowest BCUT2D eigenvalue weighted by molar-refractivity contribution is -0.143. The van der Waals surface area contributed by atoms with Crippen molar-refractivity contribution in [1.29, 1.82) is 0 Å². The minimum absolute atomic E-state index is 0.0507. The normalized spacial score (nSPS) is 11.1. The molecule has 0 unspecified atom stereocenters. The molecule has 0 spiro atoms. The second kappa shape index (κ2) is 7.89. The van der Waals surface area contributed by atoms with Crippen molar-refractivity contribution in [3.8, 4) is 0 Å². The molecule has 0 atom stereocenters. The predicted octanol–water partition coefficient (Wildman–Crippen LogP) is 1.53. The predicted molar refractivity (Wildman–Crippen MR) is 79.6 cm³/mol. The maximum absolute atomic E-state index is 12.9. The number of nitrogens with zero attached hydrogens (tertiary/aromatic N) is 1. The molecule has 0 heterocycles. The van der Waals surface area contributed by atoms with E-state index in [2.05, 4.69) is 4.74 Å². The van der Waals surface area contributed by atoms with Crippen LogP contribution in [0.15, 0.2) is 24.3 Å². The van der Waals surface area contributed by atoms with Gasteiger partial charge in [-0.2, -0.15) is 0 Å². The molecule has 1 aromatic rings. The SMILES string of the molecule is COC(=O)CCN(C(=O)Cc1ccc(F)cc1)C(C)(C)CO. The summed E-state index contributed by atoms with van der Waals surface area (Å²) in [5.41, 5.74) is -0.131. The van der Waals surface area contributed by atoms with E-state index >= 15 is 0 Å². The first-order valence-corrected chi connectivity index (χ1v) is 7.02. The van der Waals surface area contributed by atoms with Crippen LogP contribution in [0.3, 0.4) is 0 Å². The summed E-state index contributed by atoms with van der Waals surface area (Å²) >= 11 is 0. The molecule has 0 aliphatic carbocycles. The minimum Gasteiger partial charge on any atom is -0.469 e. The average molecular weight is 311 g/mol. The molecule has 6 heteroatoms. The Morgan fingerprint density at radius 1 is 1.27 bits per heavy atom. The lowest BCUT2D eigenvalue weighted by atomic mass is 10.0. The number of benzene rings is 1. The number of ether oxygens (including phenoxy) is 1. The molecular formula is C16H22FNO4. The molecule has 0 aromatic heterocycles. The molecule has 0 saturated carbocycles. The lowest BCUT2D eigenvalue weighted by Crippen LogP contribution is -2.51. The molecule has 22 heavy (non-hydrogen) atoms. The summed E-state index contributed by atoms with van der Waals surface area (Å²) in [6.07, 6.45) is 0.125. The van der Waals surface area contributed by atoms with Gasteiger partial charge in [-0.3, -0.25) is 9.59 Å². The van der Waals surface area contributed by atoms with Gasteiger partial charge in [-0.15, -0.1) is 0 Å². The van der Waals surface area contributed by atoms with Crippen LogP contribution in [-0.2, 0) is 20.7 Å². The van der Waals surface area contributed by atoms with Crippen LogP contribution in [0.4, 0.5) is 4.39 Å². The first kappa shape index (κ1) is 18.1. The second-order valence-electron chi connectivity index (χ2n) is 5.65. The van der Waals surface area contributed by atoms with Crippen molar-refractivity contribution >= 4 is 11.9 Å². The number of halogens is 1. The number of hydrogen-bond acceptors (Lipinski definition) is 4. The van der Waals surface area contributed by atoms with Crippen LogP contribution in [-0.4, -0.2) is 47.7 Å². The number of esters is 1. The minimum atomic E-state index is -0.800. The molecule has 0 fully saturated rings. The third-order valence-corrected chi connectivity index (χ3v) is 3.45.